The van der Waals surface area contributed by atoms with E-state index in [0.717, 1.165) is 28.6 Å². The molecule has 0 amide bonds. The van der Waals surface area contributed by atoms with Crippen LogP contribution in [-0.4, -0.2) is 6.71 Å². The Morgan fingerprint density at radius 3 is 1.82 bits per heavy atom. The van der Waals surface area contributed by atoms with Crippen molar-refractivity contribution in [2.24, 2.45) is 0 Å². The van der Waals surface area contributed by atoms with Gasteiger partial charge in [0.1, 0.15) is 11.3 Å². The van der Waals surface area contributed by atoms with Gasteiger partial charge in [0.05, 0.1) is 12.0 Å². The van der Waals surface area contributed by atoms with Gasteiger partial charge in [0.15, 0.2) is 5.88 Å². The van der Waals surface area contributed by atoms with Crippen LogP contribution >= 0.6 is 0 Å². The Labute approximate surface area is 291 Å². The predicted molar refractivity (Wildman–Crippen MR) is 208 cm³/mol. The van der Waals surface area contributed by atoms with Crippen molar-refractivity contribution in [3.63, 3.8) is 0 Å². The Hall–Kier alpha value is -4.64. The van der Waals surface area contributed by atoms with E-state index < -0.39 is 0 Å². The Morgan fingerprint density at radius 2 is 1.18 bits per heavy atom. The van der Waals surface area contributed by atoms with Crippen LogP contribution in [0.15, 0.2) is 75.8 Å². The molecule has 0 spiro atoms. The lowest BCUT2D eigenvalue weighted by atomic mass is 9.33. The molecule has 0 saturated heterocycles. The lowest BCUT2D eigenvalue weighted by molar-refractivity contribution is 0.415. The minimum Gasteiger partial charge on any atom is -0.464 e. The molecule has 2 aromatic heterocycles. The molecule has 0 atom stereocenters. The first-order chi connectivity index (χ1) is 23.0. The molecule has 2 aliphatic heterocycles. The highest BCUT2D eigenvalue weighted by Crippen LogP contribution is 2.49. The van der Waals surface area contributed by atoms with E-state index in [1.807, 2.05) is 6.26 Å². The van der Waals surface area contributed by atoms with E-state index in [2.05, 4.69) is 154 Å². The van der Waals surface area contributed by atoms with E-state index in [0.29, 0.717) is 0 Å². The van der Waals surface area contributed by atoms with Gasteiger partial charge >= 0.3 is 0 Å². The van der Waals surface area contributed by atoms with Crippen molar-refractivity contribution < 1.29 is 8.83 Å². The maximum absolute atomic E-state index is 7.08. The van der Waals surface area contributed by atoms with Crippen LogP contribution in [0.25, 0.3) is 11.0 Å². The zero-order chi connectivity index (χ0) is 34.9. The molecule has 4 heterocycles. The first-order valence-electron chi connectivity index (χ1n) is 17.6. The average Bonchev–Trinajstić information content (AvgIpc) is 3.63. The normalized spacial score (nSPS) is 14.0. The fraction of sp³-hybridized carbons (Fsp3) is 0.318. The summed E-state index contributed by atoms with van der Waals surface area (Å²) in [6.45, 7) is 26.7. The minimum absolute atomic E-state index is 0.0639. The highest BCUT2D eigenvalue weighted by atomic mass is 16.4. The summed E-state index contributed by atoms with van der Waals surface area (Å²) in [7, 11) is 0. The van der Waals surface area contributed by atoms with Crippen molar-refractivity contribution in [2.75, 3.05) is 9.80 Å². The zero-order valence-corrected chi connectivity index (χ0v) is 31.1. The fourth-order valence-corrected chi connectivity index (χ4v) is 8.49. The van der Waals surface area contributed by atoms with Gasteiger partial charge in [-0.05, 0) is 122 Å². The average molecular weight is 647 g/mol. The van der Waals surface area contributed by atoms with Crippen LogP contribution in [0.2, 0.25) is 0 Å². The van der Waals surface area contributed by atoms with E-state index >= 15 is 0 Å². The Balaban J connectivity index is 1.55. The van der Waals surface area contributed by atoms with Gasteiger partial charge in [-0.3, -0.25) is 4.90 Å². The summed E-state index contributed by atoms with van der Waals surface area (Å²) in [6, 6.07) is 23.1. The van der Waals surface area contributed by atoms with Crippen molar-refractivity contribution in [3.8, 4) is 0 Å². The zero-order valence-electron chi connectivity index (χ0n) is 31.1. The van der Waals surface area contributed by atoms with Crippen LogP contribution in [0, 0.1) is 41.5 Å². The molecule has 49 heavy (non-hydrogen) atoms. The first kappa shape index (κ1) is 31.6. The molecule has 6 aromatic rings. The number of furan rings is 2. The fourth-order valence-electron chi connectivity index (χ4n) is 8.49. The van der Waals surface area contributed by atoms with Gasteiger partial charge in [0.2, 0.25) is 0 Å². The second-order valence-corrected chi connectivity index (χ2v) is 16.8. The largest absolute Gasteiger partial charge is 0.464 e. The second kappa shape index (κ2) is 10.4. The maximum Gasteiger partial charge on any atom is 0.261 e. The van der Waals surface area contributed by atoms with Crippen LogP contribution in [0.5, 0.6) is 0 Å². The summed E-state index contributed by atoms with van der Waals surface area (Å²) < 4.78 is 13.8. The summed E-state index contributed by atoms with van der Waals surface area (Å²) in [5.74, 6) is 1.89. The molecule has 2 aliphatic rings. The van der Waals surface area contributed by atoms with Crippen molar-refractivity contribution in [2.45, 2.75) is 93.9 Å². The van der Waals surface area contributed by atoms with Gasteiger partial charge in [0, 0.05) is 39.1 Å². The van der Waals surface area contributed by atoms with Gasteiger partial charge in [-0.2, -0.15) is 0 Å². The molecular formula is C44H47BN2O2. The highest BCUT2D eigenvalue weighted by Gasteiger charge is 2.48. The Kier molecular flexibility index (Phi) is 6.73. The van der Waals surface area contributed by atoms with Crippen molar-refractivity contribution in [1.82, 2.24) is 0 Å². The predicted octanol–water partition coefficient (Wildman–Crippen LogP) is 10.6. The van der Waals surface area contributed by atoms with Gasteiger partial charge in [0.25, 0.3) is 6.71 Å². The second-order valence-electron chi connectivity index (χ2n) is 16.8. The molecule has 4 aromatic carbocycles. The quantitative estimate of drug-likeness (QED) is 0.175. The highest BCUT2D eigenvalue weighted by molar-refractivity contribution is 7.01. The van der Waals surface area contributed by atoms with E-state index in [1.54, 1.807) is 0 Å². The minimum atomic E-state index is -0.177. The molecule has 0 radical (unpaired) electrons. The summed E-state index contributed by atoms with van der Waals surface area (Å²) in [5, 5.41) is 1.18. The van der Waals surface area contributed by atoms with Crippen LogP contribution in [0.4, 0.5) is 34.3 Å². The maximum atomic E-state index is 7.08. The molecule has 0 bridgehead atoms. The molecule has 4 nitrogen and oxygen atoms in total. The van der Waals surface area contributed by atoms with Crippen molar-refractivity contribution >= 4 is 68.4 Å². The molecular weight excluding hydrogens is 599 g/mol. The molecule has 8 rings (SSSR count). The number of hydrogen-bond acceptors (Lipinski definition) is 4. The number of anilines is 6. The van der Waals surface area contributed by atoms with Crippen LogP contribution in [0.3, 0.4) is 0 Å². The molecule has 248 valence electrons. The van der Waals surface area contributed by atoms with Crippen LogP contribution < -0.4 is 26.2 Å². The number of nitrogens with zero attached hydrogens (tertiary/aromatic N) is 2. The third kappa shape index (κ3) is 4.65. The topological polar surface area (TPSA) is 32.8 Å². The molecule has 5 heteroatoms. The van der Waals surface area contributed by atoms with E-state index in [1.165, 1.54) is 77.8 Å². The van der Waals surface area contributed by atoms with Gasteiger partial charge < -0.3 is 13.7 Å². The van der Waals surface area contributed by atoms with Crippen molar-refractivity contribution in [3.05, 3.63) is 112 Å². The van der Waals surface area contributed by atoms with Gasteiger partial charge in [-0.25, -0.2) is 0 Å². The van der Waals surface area contributed by atoms with Crippen LogP contribution in [0.1, 0.15) is 86.2 Å². The lowest BCUT2D eigenvalue weighted by Crippen LogP contribution is -2.61. The van der Waals surface area contributed by atoms with E-state index in [4.69, 9.17) is 8.83 Å². The Morgan fingerprint density at radius 1 is 0.571 bits per heavy atom. The number of benzene rings is 4. The molecule has 0 N–H and O–H groups in total. The van der Waals surface area contributed by atoms with E-state index in [-0.39, 0.29) is 17.5 Å². The first-order valence-corrected chi connectivity index (χ1v) is 17.6. The van der Waals surface area contributed by atoms with Crippen LogP contribution in [-0.2, 0) is 10.8 Å². The third-order valence-electron chi connectivity index (χ3n) is 10.6. The van der Waals surface area contributed by atoms with Crippen molar-refractivity contribution in [1.29, 1.82) is 0 Å². The third-order valence-corrected chi connectivity index (χ3v) is 10.6. The van der Waals surface area contributed by atoms with Gasteiger partial charge in [-0.15, -0.1) is 0 Å². The number of aryl methyl sites for hydroxylation is 6. The lowest BCUT2D eigenvalue weighted by Gasteiger charge is -2.43. The SMILES string of the molecule is Cc1ccc(N2c3cc(C)cc4c3B(c3cc(C(C)(C)C)oc3N4c3c(C)cc(C)cc3C)c3c2ccc2c(C(C)(C)C)coc32)c(C)c1. The standard InChI is InChI=1S/C44H47BN2O2/c1-24-13-15-33(27(4)17-24)46-34-16-14-30-31(43(7,8)9)23-48-41(30)39(34)45-32-22-37(44(10,11)12)49-42(32)47(36-21-26(3)20-35(46)38(36)45)40-28(5)18-25(2)19-29(40)6/h13-23H,1-12H3. The number of fused-ring (bicyclic) bond motifs is 6. The summed E-state index contributed by atoms with van der Waals surface area (Å²) >= 11 is 0. The number of rotatable bonds is 2. The summed E-state index contributed by atoms with van der Waals surface area (Å²) in [4.78, 5) is 4.92. The Bertz CT molecular complexity index is 2320. The van der Waals surface area contributed by atoms with E-state index in [9.17, 15) is 0 Å². The molecule has 0 fully saturated rings. The number of hydrogen-bond donors (Lipinski definition) is 0. The van der Waals surface area contributed by atoms with Gasteiger partial charge in [-0.1, -0.05) is 76.9 Å². The summed E-state index contributed by atoms with van der Waals surface area (Å²) in [6.07, 6.45) is 1.99. The molecule has 0 unspecified atom stereocenters. The molecule has 0 saturated carbocycles. The summed E-state index contributed by atoms with van der Waals surface area (Å²) in [5.41, 5.74) is 18.9. The molecule has 0 aliphatic carbocycles. The smallest absolute Gasteiger partial charge is 0.261 e. The monoisotopic (exact) mass is 646 g/mol.